The first-order chi connectivity index (χ1) is 21.8. The van der Waals surface area contributed by atoms with Gasteiger partial charge in [0.1, 0.15) is 12.2 Å². The molecular weight excluding hydrogens is 608 g/mol. The van der Waals surface area contributed by atoms with Crippen LogP contribution >= 0.6 is 0 Å². The number of carbonyl (C=O) groups excluding carboxylic acids is 4. The summed E-state index contributed by atoms with van der Waals surface area (Å²) >= 11 is 0. The van der Waals surface area contributed by atoms with Gasteiger partial charge in [-0.15, -0.1) is 0 Å². The van der Waals surface area contributed by atoms with Gasteiger partial charge in [-0.05, 0) is 105 Å². The average molecular weight is 669 g/mol. The van der Waals surface area contributed by atoms with E-state index in [4.69, 9.17) is 28.4 Å². The van der Waals surface area contributed by atoms with Gasteiger partial charge in [0.25, 0.3) is 0 Å². The van der Waals surface area contributed by atoms with E-state index in [2.05, 4.69) is 0 Å². The SMILES string of the molecule is CCC(C)(C)C(=O)OC12CC3CC(CC(O)(C3)C1)C2.CCC(C)(C)C(=O)OC1CCOC1=O.CCC(C)(C)C(=O)OC1COCCO1. The minimum atomic E-state index is -0.687. The summed E-state index contributed by atoms with van der Waals surface area (Å²) in [5.74, 6) is 0.0535. The third-order valence-corrected chi connectivity index (χ3v) is 10.8. The topological polar surface area (TPSA) is 144 Å². The van der Waals surface area contributed by atoms with E-state index >= 15 is 0 Å². The lowest BCUT2D eigenvalue weighted by Crippen LogP contribution is -2.61. The molecular formula is C36H60O11. The number of hydrogen-bond acceptors (Lipinski definition) is 11. The first-order valence-electron chi connectivity index (χ1n) is 17.5. The van der Waals surface area contributed by atoms with Gasteiger partial charge in [0.2, 0.25) is 12.4 Å². The summed E-state index contributed by atoms with van der Waals surface area (Å²) in [5.41, 5.74) is -2.29. The maximum absolute atomic E-state index is 12.4. The van der Waals surface area contributed by atoms with Crippen molar-refractivity contribution in [1.29, 1.82) is 0 Å². The standard InChI is InChI=1S/C16H26O3.C10H18O4.C10H16O4/c1-4-14(2,3)13(17)19-16-8-11-5-12(9-16)7-15(18,6-11)10-16;1-4-10(2,3)9(11)14-8-7-12-5-6-13-8;1-4-10(2,3)9(12)14-7-5-6-13-8(7)11/h11-12,18H,4-10H2,1-3H3;8H,4-7H2,1-3H3;7H,4-6H2,1-3H3. The molecule has 1 N–H and O–H groups in total. The average Bonchev–Trinajstić information content (AvgIpc) is 3.40. The zero-order valence-electron chi connectivity index (χ0n) is 30.2. The van der Waals surface area contributed by atoms with Crippen LogP contribution < -0.4 is 0 Å². The lowest BCUT2D eigenvalue weighted by Gasteiger charge is -2.59. The molecule has 2 saturated heterocycles. The Morgan fingerprint density at radius 3 is 1.77 bits per heavy atom. The zero-order chi connectivity index (χ0) is 35.3. The van der Waals surface area contributed by atoms with E-state index in [1.165, 1.54) is 6.42 Å². The third kappa shape index (κ3) is 10.4. The predicted molar refractivity (Wildman–Crippen MR) is 173 cm³/mol. The van der Waals surface area contributed by atoms with Gasteiger partial charge in [-0.2, -0.15) is 0 Å². The highest BCUT2D eigenvalue weighted by atomic mass is 16.7. The quantitative estimate of drug-likeness (QED) is 0.240. The van der Waals surface area contributed by atoms with Crippen LogP contribution in [0.4, 0.5) is 0 Å². The van der Waals surface area contributed by atoms with Crippen molar-refractivity contribution in [3.8, 4) is 0 Å². The van der Waals surface area contributed by atoms with E-state index < -0.39 is 40.2 Å². The predicted octanol–water partition coefficient (Wildman–Crippen LogP) is 5.67. The van der Waals surface area contributed by atoms with Gasteiger partial charge in [-0.3, -0.25) is 14.4 Å². The van der Waals surface area contributed by atoms with Crippen LogP contribution in [0.1, 0.15) is 127 Å². The van der Waals surface area contributed by atoms with Gasteiger partial charge >= 0.3 is 23.9 Å². The van der Waals surface area contributed by atoms with Crippen LogP contribution in [0.5, 0.6) is 0 Å². The number of ether oxygens (including phenoxy) is 6. The van der Waals surface area contributed by atoms with Crippen molar-refractivity contribution < 1.29 is 52.7 Å². The third-order valence-electron chi connectivity index (χ3n) is 10.8. The fourth-order valence-electron chi connectivity index (χ4n) is 6.70. The van der Waals surface area contributed by atoms with Gasteiger partial charge in [0, 0.05) is 12.8 Å². The minimum Gasteiger partial charge on any atom is -0.463 e. The highest BCUT2D eigenvalue weighted by molar-refractivity contribution is 5.82. The van der Waals surface area contributed by atoms with Crippen molar-refractivity contribution in [2.24, 2.45) is 28.1 Å². The summed E-state index contributed by atoms with van der Waals surface area (Å²) in [6.45, 7) is 18.9. The van der Waals surface area contributed by atoms with E-state index in [9.17, 15) is 24.3 Å². The summed E-state index contributed by atoms with van der Waals surface area (Å²) in [6, 6.07) is 0. The number of cyclic esters (lactones) is 1. The molecule has 11 nitrogen and oxygen atoms in total. The molecule has 4 saturated carbocycles. The van der Waals surface area contributed by atoms with Gasteiger partial charge in [-0.25, -0.2) is 4.79 Å². The molecule has 6 aliphatic rings. The molecule has 4 bridgehead atoms. The van der Waals surface area contributed by atoms with Crippen molar-refractivity contribution in [3.63, 3.8) is 0 Å². The molecule has 270 valence electrons. The molecule has 0 aromatic heterocycles. The Balaban J connectivity index is 0.000000196. The number of hydrogen-bond donors (Lipinski definition) is 1. The zero-order valence-corrected chi connectivity index (χ0v) is 30.2. The second-order valence-electron chi connectivity index (χ2n) is 16.1. The molecule has 11 heteroatoms. The Kier molecular flexibility index (Phi) is 13.0. The van der Waals surface area contributed by atoms with Crippen LogP contribution in [0, 0.1) is 28.1 Å². The highest BCUT2D eigenvalue weighted by Crippen LogP contribution is 2.59. The highest BCUT2D eigenvalue weighted by Gasteiger charge is 2.59. The molecule has 4 unspecified atom stereocenters. The molecule has 0 amide bonds. The molecule has 0 aromatic rings. The van der Waals surface area contributed by atoms with Crippen LogP contribution in [0.3, 0.4) is 0 Å². The minimum absolute atomic E-state index is 0.0828. The molecule has 6 fully saturated rings. The Hall–Kier alpha value is -2.24. The first kappa shape index (κ1) is 39.2. The molecule has 0 radical (unpaired) electrons. The van der Waals surface area contributed by atoms with E-state index in [-0.39, 0.29) is 23.5 Å². The van der Waals surface area contributed by atoms with E-state index in [0.717, 1.165) is 38.5 Å². The molecule has 6 rings (SSSR count). The van der Waals surface area contributed by atoms with Gasteiger partial charge in [0.15, 0.2) is 0 Å². The summed E-state index contributed by atoms with van der Waals surface area (Å²) in [4.78, 5) is 46.6. The van der Waals surface area contributed by atoms with Crippen LogP contribution in [0.2, 0.25) is 0 Å². The largest absolute Gasteiger partial charge is 0.463 e. The Labute approximate surface area is 281 Å². The normalized spacial score (nSPS) is 31.4. The lowest BCUT2D eigenvalue weighted by atomic mass is 9.52. The number of aliphatic hydroxyl groups is 1. The maximum Gasteiger partial charge on any atom is 0.347 e. The Morgan fingerprint density at radius 1 is 0.787 bits per heavy atom. The fourth-order valence-corrected chi connectivity index (χ4v) is 6.70. The summed E-state index contributed by atoms with van der Waals surface area (Å²) in [6.07, 6.45) is 7.15. The van der Waals surface area contributed by atoms with Crippen LogP contribution in [0.15, 0.2) is 0 Å². The van der Waals surface area contributed by atoms with Crippen LogP contribution in [-0.2, 0) is 47.6 Å². The van der Waals surface area contributed by atoms with Crippen LogP contribution in [-0.4, -0.2) is 79.0 Å². The van der Waals surface area contributed by atoms with Crippen molar-refractivity contribution in [1.82, 2.24) is 0 Å². The molecule has 0 aromatic carbocycles. The number of esters is 4. The van der Waals surface area contributed by atoms with Crippen LogP contribution in [0.25, 0.3) is 0 Å². The molecule has 0 spiro atoms. The Bertz CT molecular complexity index is 1090. The number of rotatable bonds is 9. The lowest BCUT2D eigenvalue weighted by molar-refractivity contribution is -0.225. The van der Waals surface area contributed by atoms with E-state index in [1.807, 2.05) is 48.5 Å². The van der Waals surface area contributed by atoms with Crippen molar-refractivity contribution >= 4 is 23.9 Å². The molecule has 2 aliphatic heterocycles. The van der Waals surface area contributed by atoms with Crippen molar-refractivity contribution in [3.05, 3.63) is 0 Å². The first-order valence-corrected chi connectivity index (χ1v) is 17.5. The van der Waals surface area contributed by atoms with E-state index in [0.29, 0.717) is 57.5 Å². The summed E-state index contributed by atoms with van der Waals surface area (Å²) in [7, 11) is 0. The number of carbonyl (C=O) groups is 4. The van der Waals surface area contributed by atoms with Gasteiger partial charge < -0.3 is 33.5 Å². The Morgan fingerprint density at radius 2 is 1.32 bits per heavy atom. The van der Waals surface area contributed by atoms with Crippen molar-refractivity contribution in [2.45, 2.75) is 150 Å². The smallest absolute Gasteiger partial charge is 0.347 e. The fraction of sp³-hybridized carbons (Fsp3) is 0.889. The van der Waals surface area contributed by atoms with Gasteiger partial charge in [0.05, 0.1) is 41.7 Å². The second kappa shape index (κ2) is 15.5. The maximum atomic E-state index is 12.4. The van der Waals surface area contributed by atoms with E-state index in [1.54, 1.807) is 13.8 Å². The van der Waals surface area contributed by atoms with Gasteiger partial charge in [-0.1, -0.05) is 20.8 Å². The molecule has 4 aliphatic carbocycles. The summed E-state index contributed by atoms with van der Waals surface area (Å²) < 4.78 is 31.2. The molecule has 47 heavy (non-hydrogen) atoms. The molecule has 2 heterocycles. The molecule has 4 atom stereocenters. The summed E-state index contributed by atoms with van der Waals surface area (Å²) in [5, 5.41) is 10.6. The monoisotopic (exact) mass is 668 g/mol. The second-order valence-corrected chi connectivity index (χ2v) is 16.1. The van der Waals surface area contributed by atoms with Crippen molar-refractivity contribution in [2.75, 3.05) is 26.4 Å².